The highest BCUT2D eigenvalue weighted by Gasteiger charge is 2.39. The molecule has 0 spiro atoms. The van der Waals surface area contributed by atoms with Crippen LogP contribution < -0.4 is 81.4 Å². The first-order valence-electron chi connectivity index (χ1n) is 30.8. The number of primary amides is 2. The van der Waals surface area contributed by atoms with Crippen LogP contribution in [0.3, 0.4) is 0 Å². The summed E-state index contributed by atoms with van der Waals surface area (Å²) in [6.07, 6.45) is -5.39. The number of phenols is 1. The number of carboxylic acids is 2. The number of aromatic hydroxyl groups is 1. The molecule has 0 bridgehead atoms. The van der Waals surface area contributed by atoms with Crippen LogP contribution in [-0.4, -0.2) is 230 Å². The molecule has 37 nitrogen and oxygen atoms in total. The largest absolute Gasteiger partial charge is 0.508 e. The average molecular weight is 1370 g/mol. The van der Waals surface area contributed by atoms with Crippen molar-refractivity contribution in [3.8, 4) is 5.75 Å². The van der Waals surface area contributed by atoms with E-state index in [9.17, 15) is 102 Å². The minimum Gasteiger partial charge on any atom is -0.508 e. The van der Waals surface area contributed by atoms with Gasteiger partial charge in [0.2, 0.25) is 82.7 Å². The summed E-state index contributed by atoms with van der Waals surface area (Å²) in [7, 11) is 0. The molecule has 0 unspecified atom stereocenters. The SMILES string of the molecule is C[C@H](NC(=O)[C@H](CC(=O)O)NC(=O)[C@@H](NC(=O)[C@H](Cc1ccc(O)cc1)NC(=O)[C@H](Cc1ccccc1)NC(=O)CNC(=O)[C@@H]1CCCN1C(=O)[C@H](C)NC(=O)[C@H](CCC(N)=O)NC(=O)CNC(=O)[C@@H](N)[C@@H](C)O)[C@@H](C)O)C(=O)N[C@@H](CC(N)=O)C(=O)N[C@@H](CCCCN)C(=O)O. The maximum Gasteiger partial charge on any atom is 0.326 e. The summed E-state index contributed by atoms with van der Waals surface area (Å²) in [6.45, 7) is 3.43. The maximum atomic E-state index is 14.5. The minimum atomic E-state index is -2.06. The Morgan fingerprint density at radius 2 is 1.03 bits per heavy atom. The average Bonchev–Trinajstić information content (AvgIpc) is 1.84. The van der Waals surface area contributed by atoms with Gasteiger partial charge < -0.3 is 112 Å². The van der Waals surface area contributed by atoms with E-state index in [-0.39, 0.29) is 50.9 Å². The number of nitrogens with two attached hydrogens (primary N) is 4. The van der Waals surface area contributed by atoms with Crippen LogP contribution in [0.25, 0.3) is 0 Å². The van der Waals surface area contributed by atoms with Gasteiger partial charge in [-0.3, -0.25) is 71.9 Å². The van der Waals surface area contributed by atoms with E-state index in [4.69, 9.17) is 22.9 Å². The number of nitrogens with zero attached hydrogens (tertiary/aromatic N) is 1. The van der Waals surface area contributed by atoms with Crippen LogP contribution in [0.5, 0.6) is 5.75 Å². The van der Waals surface area contributed by atoms with Crippen LogP contribution in [0.15, 0.2) is 54.6 Å². The summed E-state index contributed by atoms with van der Waals surface area (Å²) < 4.78 is 0. The van der Waals surface area contributed by atoms with Crippen molar-refractivity contribution in [3.05, 3.63) is 65.7 Å². The third-order valence-electron chi connectivity index (χ3n) is 14.9. The number of phenolic OH excluding ortho intramolecular Hbond substituents is 1. The topological polar surface area (TPSA) is 614 Å². The number of unbranched alkanes of at least 4 members (excludes halogenated alkanes) is 1. The fraction of sp³-hybridized carbons (Fsp3) is 0.533. The molecule has 1 fully saturated rings. The van der Waals surface area contributed by atoms with Crippen LogP contribution in [0.2, 0.25) is 0 Å². The van der Waals surface area contributed by atoms with Crippen molar-refractivity contribution in [2.45, 2.75) is 177 Å². The standard InChI is InChI=1S/C60H88N16O21/c1-29(50(86)72-40(25-44(63)81)54(90)71-37(60(96)97)13-8-9-21-61)67-52(88)41(26-47(84)85)74-58(94)49(32(4)78)75-55(91)39(24-34-15-17-35(79)18-16-34)73-53(89)38(23-33-11-6-5-7-12-33)70-46(83)27-65-56(92)42-14-10-22-76(42)59(95)30(2)68-51(87)36(19-20-43(62)80)69-45(82)28-66-57(93)48(64)31(3)77/h5-7,11-12,15-18,29-32,36-42,48-49,77-79H,8-10,13-14,19-28,61,64H2,1-4H3,(H2,62,80)(H2,63,81)(H,65,92)(H,66,93)(H,67,88)(H,68,87)(H,69,82)(H,70,83)(H,71,90)(H,72,86)(H,73,89)(H,74,94)(H,75,91)(H,84,85)(H,96,97)/t29-,30-,31+,32+,36-,37-,38-,39-,40-,41-,42-,48-,49-/m0/s1. The molecular formula is C60H88N16O21. The number of hydrogen-bond acceptors (Lipinski definition) is 21. The summed E-state index contributed by atoms with van der Waals surface area (Å²) in [5, 5.41) is 75.3. The van der Waals surface area contributed by atoms with Gasteiger partial charge in [-0.25, -0.2) is 4.79 Å². The Morgan fingerprint density at radius 1 is 0.526 bits per heavy atom. The van der Waals surface area contributed by atoms with Crippen molar-refractivity contribution >= 4 is 94.6 Å². The molecule has 2 aromatic carbocycles. The molecule has 14 amide bonds. The van der Waals surface area contributed by atoms with Crippen LogP contribution >= 0.6 is 0 Å². The first-order valence-corrected chi connectivity index (χ1v) is 30.8. The Labute approximate surface area is 556 Å². The molecule has 2 aromatic rings. The number of amides is 14. The molecule has 1 aliphatic heterocycles. The van der Waals surface area contributed by atoms with Crippen molar-refractivity contribution in [3.63, 3.8) is 0 Å². The summed E-state index contributed by atoms with van der Waals surface area (Å²) in [5.74, 6) is -17.7. The van der Waals surface area contributed by atoms with E-state index in [0.717, 1.165) is 18.7 Å². The molecule has 1 aliphatic rings. The molecule has 534 valence electrons. The predicted octanol–water partition coefficient (Wildman–Crippen LogP) is -8.28. The number of hydrogen-bond donors (Lipinski definition) is 20. The summed E-state index contributed by atoms with van der Waals surface area (Å²) in [5.41, 5.74) is 22.4. The van der Waals surface area contributed by atoms with E-state index in [2.05, 4.69) is 58.5 Å². The smallest absolute Gasteiger partial charge is 0.326 e. The molecule has 13 atom stereocenters. The molecule has 97 heavy (non-hydrogen) atoms. The van der Waals surface area contributed by atoms with Gasteiger partial charge in [0.15, 0.2) is 0 Å². The number of carbonyl (C=O) groups is 16. The zero-order valence-electron chi connectivity index (χ0n) is 53.8. The van der Waals surface area contributed by atoms with Gasteiger partial charge in [0.25, 0.3) is 0 Å². The predicted molar refractivity (Wildman–Crippen MR) is 338 cm³/mol. The number of carboxylic acid groups (broad SMARTS) is 2. The number of benzene rings is 2. The minimum absolute atomic E-state index is 0.0237. The summed E-state index contributed by atoms with van der Waals surface area (Å²) in [6, 6.07) is -4.16. The van der Waals surface area contributed by atoms with Crippen LogP contribution in [0.4, 0.5) is 0 Å². The zero-order valence-corrected chi connectivity index (χ0v) is 53.8. The molecule has 0 aromatic heterocycles. The third-order valence-corrected chi connectivity index (χ3v) is 14.9. The van der Waals surface area contributed by atoms with Gasteiger partial charge in [-0.2, -0.15) is 0 Å². The van der Waals surface area contributed by atoms with Crippen LogP contribution in [0, 0.1) is 0 Å². The highest BCUT2D eigenvalue weighted by atomic mass is 16.4. The number of nitrogens with one attached hydrogen (secondary N) is 11. The molecule has 24 N–H and O–H groups in total. The second-order valence-electron chi connectivity index (χ2n) is 23.0. The van der Waals surface area contributed by atoms with Crippen molar-refractivity contribution < 1.29 is 102 Å². The lowest BCUT2D eigenvalue weighted by molar-refractivity contribution is -0.142. The molecule has 1 saturated heterocycles. The van der Waals surface area contributed by atoms with Crippen molar-refractivity contribution in [2.75, 3.05) is 26.2 Å². The highest BCUT2D eigenvalue weighted by Crippen LogP contribution is 2.19. The number of aliphatic hydroxyl groups excluding tert-OH is 2. The Morgan fingerprint density at radius 3 is 1.60 bits per heavy atom. The lowest BCUT2D eigenvalue weighted by Crippen LogP contribution is -2.62. The van der Waals surface area contributed by atoms with Crippen molar-refractivity contribution in [1.29, 1.82) is 0 Å². The molecule has 0 radical (unpaired) electrons. The van der Waals surface area contributed by atoms with Gasteiger partial charge >= 0.3 is 11.9 Å². The monoisotopic (exact) mass is 1370 g/mol. The van der Waals surface area contributed by atoms with E-state index in [1.165, 1.54) is 38.1 Å². The Kier molecular flexibility index (Phi) is 33.4. The normalized spacial score (nSPS) is 16.2. The molecular weight excluding hydrogens is 1280 g/mol. The Hall–Kier alpha value is -10.4. The Balaban J connectivity index is 1.81. The first-order chi connectivity index (χ1) is 45.6. The second-order valence-corrected chi connectivity index (χ2v) is 23.0. The number of aliphatic carboxylic acids is 2. The molecule has 0 saturated carbocycles. The lowest BCUT2D eigenvalue weighted by atomic mass is 10.0. The van der Waals surface area contributed by atoms with Crippen molar-refractivity contribution in [1.82, 2.24) is 63.4 Å². The highest BCUT2D eigenvalue weighted by molar-refractivity contribution is 6.00. The second kappa shape index (κ2) is 40.1. The van der Waals surface area contributed by atoms with Crippen molar-refractivity contribution in [2.24, 2.45) is 22.9 Å². The van der Waals surface area contributed by atoms with E-state index < -0.39 is 206 Å². The molecule has 0 aliphatic carbocycles. The fourth-order valence-electron chi connectivity index (χ4n) is 9.59. The molecule has 3 rings (SSSR count). The lowest BCUT2D eigenvalue weighted by Gasteiger charge is -2.28. The van der Waals surface area contributed by atoms with Crippen LogP contribution in [-0.2, 0) is 89.6 Å². The van der Waals surface area contributed by atoms with Gasteiger partial charge in [0.05, 0.1) is 38.1 Å². The maximum absolute atomic E-state index is 14.5. The summed E-state index contributed by atoms with van der Waals surface area (Å²) >= 11 is 0. The number of likely N-dealkylation sites (tertiary alicyclic amines) is 1. The van der Waals surface area contributed by atoms with Gasteiger partial charge in [-0.1, -0.05) is 42.5 Å². The number of carbonyl (C=O) groups excluding carboxylic acids is 14. The van der Waals surface area contributed by atoms with E-state index in [1.807, 2.05) is 0 Å². The van der Waals surface area contributed by atoms with Gasteiger partial charge in [-0.15, -0.1) is 0 Å². The Bertz CT molecular complexity index is 3140. The van der Waals surface area contributed by atoms with Gasteiger partial charge in [0.1, 0.15) is 72.2 Å². The molecule has 1 heterocycles. The van der Waals surface area contributed by atoms with E-state index >= 15 is 0 Å². The zero-order chi connectivity index (χ0) is 72.8. The summed E-state index contributed by atoms with van der Waals surface area (Å²) in [4.78, 5) is 211. The van der Waals surface area contributed by atoms with Gasteiger partial charge in [0, 0.05) is 25.8 Å². The molecule has 37 heteroatoms. The first kappa shape index (κ1) is 80.8. The number of rotatable bonds is 41. The number of aliphatic hydroxyl groups is 2. The fourth-order valence-corrected chi connectivity index (χ4v) is 9.59. The van der Waals surface area contributed by atoms with E-state index in [1.54, 1.807) is 30.3 Å². The quantitative estimate of drug-likeness (QED) is 0.0275. The van der Waals surface area contributed by atoms with Crippen LogP contribution in [0.1, 0.15) is 96.6 Å². The third kappa shape index (κ3) is 28.2. The van der Waals surface area contributed by atoms with E-state index in [0.29, 0.717) is 30.4 Å². The van der Waals surface area contributed by atoms with Gasteiger partial charge in [-0.05, 0) is 96.0 Å².